The van der Waals surface area contributed by atoms with Crippen molar-refractivity contribution < 1.29 is 4.90 Å². The van der Waals surface area contributed by atoms with Gasteiger partial charge in [0.05, 0.1) is 38.6 Å². The van der Waals surface area contributed by atoms with Gasteiger partial charge in [-0.3, -0.25) is 0 Å². The van der Waals surface area contributed by atoms with Crippen molar-refractivity contribution in [3.05, 3.63) is 53.5 Å². The lowest BCUT2D eigenvalue weighted by molar-refractivity contribution is -0.880. The summed E-state index contributed by atoms with van der Waals surface area (Å²) in [4.78, 5) is 13.3. The van der Waals surface area contributed by atoms with Gasteiger partial charge < -0.3 is 14.4 Å². The Labute approximate surface area is 148 Å². The van der Waals surface area contributed by atoms with Gasteiger partial charge in [-0.15, -0.1) is 0 Å². The van der Waals surface area contributed by atoms with Crippen LogP contribution in [0.15, 0.2) is 36.7 Å². The Kier molecular flexibility index (Phi) is 4.17. The molecule has 5 heteroatoms. The Morgan fingerprint density at radius 1 is 1.04 bits per heavy atom. The van der Waals surface area contributed by atoms with Gasteiger partial charge in [-0.1, -0.05) is 30.3 Å². The normalized spacial score (nSPS) is 15.9. The van der Waals surface area contributed by atoms with Gasteiger partial charge in [0.15, 0.2) is 0 Å². The van der Waals surface area contributed by atoms with Crippen LogP contribution in [-0.4, -0.2) is 47.8 Å². The molecule has 0 unspecified atom stereocenters. The number of benzene rings is 1. The molecule has 3 aromatic rings. The summed E-state index contributed by atoms with van der Waals surface area (Å²) in [5.74, 6) is 1.10. The number of aryl methyl sites for hydroxylation is 1. The highest BCUT2D eigenvalue weighted by atomic mass is 15.3. The third-order valence-electron chi connectivity index (χ3n) is 5.49. The summed E-state index contributed by atoms with van der Waals surface area (Å²) in [6.45, 7) is 9.68. The number of fused-ring (bicyclic) bond motifs is 1. The number of piperazine rings is 1. The van der Waals surface area contributed by atoms with E-state index in [9.17, 15) is 0 Å². The lowest BCUT2D eigenvalue weighted by Gasteiger charge is -2.31. The minimum atomic E-state index is 0.848. The van der Waals surface area contributed by atoms with Crippen molar-refractivity contribution in [1.82, 2.24) is 14.5 Å². The molecule has 25 heavy (non-hydrogen) atoms. The molecule has 1 aromatic carbocycles. The molecule has 0 spiro atoms. The number of anilines is 1. The molecule has 3 heterocycles. The zero-order valence-electron chi connectivity index (χ0n) is 15.3. The molecule has 4 rings (SSSR count). The Morgan fingerprint density at radius 2 is 1.76 bits per heavy atom. The van der Waals surface area contributed by atoms with Gasteiger partial charge in [0, 0.05) is 12.2 Å². The predicted molar refractivity (Wildman–Crippen MR) is 101 cm³/mol. The van der Waals surface area contributed by atoms with Crippen LogP contribution in [0.1, 0.15) is 16.8 Å². The fraction of sp³-hybridized carbons (Fsp3) is 0.400. The van der Waals surface area contributed by atoms with Gasteiger partial charge in [-0.05, 0) is 25.0 Å². The van der Waals surface area contributed by atoms with Crippen LogP contribution in [-0.2, 0) is 6.54 Å². The van der Waals surface area contributed by atoms with E-state index >= 15 is 0 Å². The Bertz CT molecular complexity index is 876. The zero-order chi connectivity index (χ0) is 17.4. The minimum Gasteiger partial charge on any atom is -0.345 e. The molecule has 0 amide bonds. The topological polar surface area (TPSA) is 38.4 Å². The minimum absolute atomic E-state index is 0.848. The third kappa shape index (κ3) is 2.89. The average molecular weight is 336 g/mol. The third-order valence-corrected chi connectivity index (χ3v) is 5.49. The van der Waals surface area contributed by atoms with Crippen molar-refractivity contribution in [2.45, 2.75) is 20.4 Å². The van der Waals surface area contributed by atoms with E-state index in [0.29, 0.717) is 0 Å². The number of nitrogens with one attached hydrogen (secondary N) is 1. The van der Waals surface area contributed by atoms with Crippen molar-refractivity contribution >= 4 is 16.9 Å². The van der Waals surface area contributed by atoms with E-state index in [1.165, 1.54) is 22.2 Å². The number of hydrogen-bond acceptors (Lipinski definition) is 3. The second-order valence-electron chi connectivity index (χ2n) is 7.12. The molecular formula is C20H26N5+. The molecule has 130 valence electrons. The van der Waals surface area contributed by atoms with Gasteiger partial charge in [-0.25, -0.2) is 9.97 Å². The van der Waals surface area contributed by atoms with Crippen LogP contribution in [0.3, 0.4) is 0 Å². The van der Waals surface area contributed by atoms with E-state index in [2.05, 4.69) is 70.7 Å². The first-order valence-electron chi connectivity index (χ1n) is 9.05. The number of quaternary nitrogens is 1. The van der Waals surface area contributed by atoms with E-state index in [1.54, 1.807) is 11.2 Å². The van der Waals surface area contributed by atoms with Crippen molar-refractivity contribution in [2.75, 3.05) is 38.1 Å². The molecule has 1 aliphatic rings. The SMILES string of the molecule is Cc1c(C)n(Cc2ccccc2)c2ncnc(N3CC[NH+](C)CC3)c12. The van der Waals surface area contributed by atoms with Gasteiger partial charge in [-0.2, -0.15) is 0 Å². The van der Waals surface area contributed by atoms with Crippen molar-refractivity contribution in [1.29, 1.82) is 0 Å². The number of hydrogen-bond donors (Lipinski definition) is 1. The van der Waals surface area contributed by atoms with Crippen LogP contribution < -0.4 is 9.80 Å². The lowest BCUT2D eigenvalue weighted by Crippen LogP contribution is -3.12. The van der Waals surface area contributed by atoms with E-state index < -0.39 is 0 Å². The standard InChI is InChI=1S/C20H25N5/c1-15-16(2)25(13-17-7-5-4-6-8-17)20-18(15)19(21-14-22-20)24-11-9-23(3)10-12-24/h4-8,14H,9-13H2,1-3H3/p+1. The highest BCUT2D eigenvalue weighted by Gasteiger charge is 2.23. The van der Waals surface area contributed by atoms with Crippen LogP contribution in [0.5, 0.6) is 0 Å². The molecular weight excluding hydrogens is 310 g/mol. The number of rotatable bonds is 3. The maximum absolute atomic E-state index is 4.67. The number of aromatic nitrogens is 3. The van der Waals surface area contributed by atoms with Crippen molar-refractivity contribution in [3.63, 3.8) is 0 Å². The molecule has 0 radical (unpaired) electrons. The molecule has 5 nitrogen and oxygen atoms in total. The van der Waals surface area contributed by atoms with E-state index in [-0.39, 0.29) is 0 Å². The predicted octanol–water partition coefficient (Wildman–Crippen LogP) is 1.43. The first kappa shape index (κ1) is 16.1. The monoisotopic (exact) mass is 336 g/mol. The Morgan fingerprint density at radius 3 is 2.48 bits per heavy atom. The highest BCUT2D eigenvalue weighted by Crippen LogP contribution is 2.31. The Balaban J connectivity index is 1.79. The zero-order valence-corrected chi connectivity index (χ0v) is 15.3. The van der Waals surface area contributed by atoms with Crippen LogP contribution in [0.4, 0.5) is 5.82 Å². The number of nitrogens with zero attached hydrogens (tertiary/aromatic N) is 4. The molecule has 0 aliphatic carbocycles. The molecule has 1 aliphatic heterocycles. The van der Waals surface area contributed by atoms with Gasteiger partial charge in [0.25, 0.3) is 0 Å². The molecule has 1 saturated heterocycles. The van der Waals surface area contributed by atoms with E-state index in [0.717, 1.165) is 44.2 Å². The maximum Gasteiger partial charge on any atom is 0.146 e. The van der Waals surface area contributed by atoms with Gasteiger partial charge in [0.2, 0.25) is 0 Å². The molecule has 1 N–H and O–H groups in total. The summed E-state index contributed by atoms with van der Waals surface area (Å²) in [6.07, 6.45) is 1.73. The second kappa shape index (κ2) is 6.48. The first-order chi connectivity index (χ1) is 12.1. The van der Waals surface area contributed by atoms with Gasteiger partial charge >= 0.3 is 0 Å². The summed E-state index contributed by atoms with van der Waals surface area (Å²) in [5, 5.41) is 1.22. The fourth-order valence-electron chi connectivity index (χ4n) is 3.75. The van der Waals surface area contributed by atoms with Crippen molar-refractivity contribution in [2.24, 2.45) is 0 Å². The van der Waals surface area contributed by atoms with Gasteiger partial charge in [0.1, 0.15) is 17.8 Å². The molecule has 0 saturated carbocycles. The lowest BCUT2D eigenvalue weighted by atomic mass is 10.2. The summed E-state index contributed by atoms with van der Waals surface area (Å²) in [5.41, 5.74) is 4.93. The highest BCUT2D eigenvalue weighted by molar-refractivity contribution is 5.92. The van der Waals surface area contributed by atoms with E-state index in [4.69, 9.17) is 0 Å². The second-order valence-corrected chi connectivity index (χ2v) is 7.12. The smallest absolute Gasteiger partial charge is 0.146 e. The summed E-state index contributed by atoms with van der Waals surface area (Å²) < 4.78 is 2.33. The van der Waals surface area contributed by atoms with E-state index in [1.807, 2.05) is 0 Å². The maximum atomic E-state index is 4.67. The molecule has 0 bridgehead atoms. The molecule has 2 aromatic heterocycles. The largest absolute Gasteiger partial charge is 0.345 e. The number of likely N-dealkylation sites (N-methyl/N-ethyl adjacent to an activating group) is 1. The fourth-order valence-corrected chi connectivity index (χ4v) is 3.75. The average Bonchev–Trinajstić information content (AvgIpc) is 2.88. The quantitative estimate of drug-likeness (QED) is 0.786. The summed E-state index contributed by atoms with van der Waals surface area (Å²) in [6, 6.07) is 10.6. The van der Waals surface area contributed by atoms with Crippen LogP contribution in [0.25, 0.3) is 11.0 Å². The molecule has 0 atom stereocenters. The summed E-state index contributed by atoms with van der Waals surface area (Å²) >= 11 is 0. The molecule has 1 fully saturated rings. The van der Waals surface area contributed by atoms with Crippen LogP contribution in [0, 0.1) is 13.8 Å². The van der Waals surface area contributed by atoms with Crippen LogP contribution >= 0.6 is 0 Å². The first-order valence-corrected chi connectivity index (χ1v) is 9.05. The summed E-state index contributed by atoms with van der Waals surface area (Å²) in [7, 11) is 2.26. The van der Waals surface area contributed by atoms with Crippen molar-refractivity contribution in [3.8, 4) is 0 Å². The van der Waals surface area contributed by atoms with Crippen LogP contribution in [0.2, 0.25) is 0 Å². The Hall–Kier alpha value is -2.40.